The molecule has 3 aliphatic rings. The molecule has 165 valence electrons. The van der Waals surface area contributed by atoms with E-state index in [1.165, 1.54) is 23.6 Å². The first kappa shape index (κ1) is 24.9. The maximum atomic E-state index is 2.54. The number of halogens is 2. The van der Waals surface area contributed by atoms with Crippen LogP contribution in [0.4, 0.5) is 0 Å². The quantitative estimate of drug-likeness (QED) is 0.393. The Morgan fingerprint density at radius 3 is 2.09 bits per heavy atom. The molecule has 0 saturated carbocycles. The van der Waals surface area contributed by atoms with Crippen LogP contribution in [0.25, 0.3) is 12.2 Å². The van der Waals surface area contributed by atoms with Crippen molar-refractivity contribution < 1.29 is 49.5 Å². The van der Waals surface area contributed by atoms with E-state index in [0.717, 1.165) is 14.7 Å². The number of benzene rings is 3. The fourth-order valence-corrected chi connectivity index (χ4v) is 14.6. The SMILES string of the molecule is [Cl-].[Cl-].[Zr+2][CH](CC1C=Cc2ccccc21)C1C(C2C=Cc3ccccc32)[SiH]1Cc1ccccc1. The van der Waals surface area contributed by atoms with Crippen LogP contribution in [0, 0.1) is 0 Å². The Balaban J connectivity index is 0.00000130. The van der Waals surface area contributed by atoms with Crippen LogP contribution >= 0.6 is 0 Å². The first-order valence-electron chi connectivity index (χ1n) is 11.6. The normalized spacial score (nSPS) is 26.7. The molecule has 0 N–H and O–H groups in total. The summed E-state index contributed by atoms with van der Waals surface area (Å²) >= 11 is 1.75. The van der Waals surface area contributed by atoms with Crippen LogP contribution in [0.2, 0.25) is 14.7 Å². The maximum absolute atomic E-state index is 2.54. The Kier molecular flexibility index (Phi) is 8.02. The van der Waals surface area contributed by atoms with Gasteiger partial charge in [-0.1, -0.05) is 0 Å². The van der Waals surface area contributed by atoms with Crippen molar-refractivity contribution >= 4 is 20.9 Å². The first-order valence-corrected chi connectivity index (χ1v) is 15.2. The summed E-state index contributed by atoms with van der Waals surface area (Å²) in [7, 11) is -0.847. The van der Waals surface area contributed by atoms with Crippen LogP contribution in [-0.4, -0.2) is 8.80 Å². The van der Waals surface area contributed by atoms with Crippen LogP contribution in [0.5, 0.6) is 0 Å². The van der Waals surface area contributed by atoms with Crippen molar-refractivity contribution in [1.29, 1.82) is 0 Å². The second-order valence-corrected chi connectivity index (χ2v) is 14.6. The zero-order valence-electron chi connectivity index (χ0n) is 18.4. The van der Waals surface area contributed by atoms with E-state index in [-0.39, 0.29) is 24.8 Å². The van der Waals surface area contributed by atoms with Gasteiger partial charge in [-0.3, -0.25) is 0 Å². The number of fused-ring (bicyclic) bond motifs is 2. The summed E-state index contributed by atoms with van der Waals surface area (Å²) in [5, 5.41) is 0. The molecule has 0 amide bonds. The van der Waals surface area contributed by atoms with Crippen molar-refractivity contribution in [2.75, 3.05) is 0 Å². The number of hydrogen-bond donors (Lipinski definition) is 0. The summed E-state index contributed by atoms with van der Waals surface area (Å²) in [6, 6.07) is 30.8. The zero-order valence-corrected chi connectivity index (χ0v) is 23.6. The van der Waals surface area contributed by atoms with Gasteiger partial charge < -0.3 is 24.8 Å². The van der Waals surface area contributed by atoms with Gasteiger partial charge in [-0.2, -0.15) is 0 Å². The summed E-state index contributed by atoms with van der Waals surface area (Å²) in [4.78, 5) is 0. The van der Waals surface area contributed by atoms with Gasteiger partial charge in [-0.15, -0.1) is 0 Å². The molecular formula is C29H27Cl2SiZr. The number of allylic oxidation sites excluding steroid dienone is 2. The summed E-state index contributed by atoms with van der Waals surface area (Å²) in [5.74, 6) is 1.29. The molecule has 0 nitrogen and oxygen atoms in total. The third kappa shape index (κ3) is 4.83. The van der Waals surface area contributed by atoms with Gasteiger partial charge in [-0.05, 0) is 0 Å². The van der Waals surface area contributed by atoms with Crippen LogP contribution < -0.4 is 24.8 Å². The molecule has 0 radical (unpaired) electrons. The van der Waals surface area contributed by atoms with Crippen LogP contribution in [0.3, 0.4) is 0 Å². The molecule has 0 spiro atoms. The second kappa shape index (κ2) is 10.6. The minimum atomic E-state index is -0.847. The zero-order chi connectivity index (χ0) is 20.8. The average Bonchev–Trinajstić information content (AvgIpc) is 3.15. The third-order valence-electron chi connectivity index (χ3n) is 7.74. The number of hydrogen-bond acceptors (Lipinski definition) is 0. The molecule has 2 aliphatic carbocycles. The Bertz CT molecular complexity index is 1160. The van der Waals surface area contributed by atoms with Crippen molar-refractivity contribution in [3.8, 4) is 0 Å². The monoisotopic (exact) mass is 563 g/mol. The van der Waals surface area contributed by atoms with E-state index in [1.807, 2.05) is 0 Å². The Morgan fingerprint density at radius 1 is 0.727 bits per heavy atom. The van der Waals surface area contributed by atoms with Crippen molar-refractivity contribution in [1.82, 2.24) is 0 Å². The summed E-state index contributed by atoms with van der Waals surface area (Å²) in [5.41, 5.74) is 9.50. The third-order valence-corrected chi connectivity index (χ3v) is 14.4. The molecule has 3 aromatic rings. The summed E-state index contributed by atoms with van der Waals surface area (Å²) in [6.07, 6.45) is 11.1. The van der Waals surface area contributed by atoms with Crippen molar-refractivity contribution in [2.24, 2.45) is 0 Å². The molecule has 6 atom stereocenters. The fourth-order valence-electron chi connectivity index (χ4n) is 6.23. The van der Waals surface area contributed by atoms with Gasteiger partial charge in [0.15, 0.2) is 0 Å². The van der Waals surface area contributed by atoms with Gasteiger partial charge in [0.2, 0.25) is 0 Å². The first-order chi connectivity index (χ1) is 15.3. The van der Waals surface area contributed by atoms with Gasteiger partial charge in [0.25, 0.3) is 0 Å². The van der Waals surface area contributed by atoms with E-state index in [0.29, 0.717) is 11.8 Å². The molecule has 33 heavy (non-hydrogen) atoms. The van der Waals surface area contributed by atoms with Gasteiger partial charge >= 0.3 is 204 Å². The second-order valence-electron chi connectivity index (χ2n) is 9.46. The predicted molar refractivity (Wildman–Crippen MR) is 130 cm³/mol. The summed E-state index contributed by atoms with van der Waals surface area (Å²) < 4.78 is 0.875. The summed E-state index contributed by atoms with van der Waals surface area (Å²) in [6.45, 7) is 0. The van der Waals surface area contributed by atoms with E-state index in [1.54, 1.807) is 41.4 Å². The molecule has 3 aromatic carbocycles. The van der Waals surface area contributed by atoms with Gasteiger partial charge in [0, 0.05) is 0 Å². The van der Waals surface area contributed by atoms with Crippen LogP contribution in [0.1, 0.15) is 46.1 Å². The Morgan fingerprint density at radius 2 is 1.33 bits per heavy atom. The van der Waals surface area contributed by atoms with E-state index >= 15 is 0 Å². The molecule has 0 bridgehead atoms. The molecule has 6 unspecified atom stereocenters. The van der Waals surface area contributed by atoms with E-state index < -0.39 is 8.80 Å². The van der Waals surface area contributed by atoms with Gasteiger partial charge in [0.1, 0.15) is 0 Å². The van der Waals surface area contributed by atoms with E-state index in [4.69, 9.17) is 0 Å². The topological polar surface area (TPSA) is 0 Å². The predicted octanol–water partition coefficient (Wildman–Crippen LogP) is 1.10. The van der Waals surface area contributed by atoms with E-state index in [2.05, 4.69) is 103 Å². The Labute approximate surface area is 226 Å². The Hall–Kier alpha value is -1.18. The van der Waals surface area contributed by atoms with Gasteiger partial charge in [0.05, 0.1) is 0 Å². The van der Waals surface area contributed by atoms with Crippen LogP contribution in [-0.2, 0) is 30.8 Å². The van der Waals surface area contributed by atoms with Crippen molar-refractivity contribution in [2.45, 2.75) is 39.0 Å². The molecule has 0 aromatic heterocycles. The molecular weight excluding hydrogens is 539 g/mol. The van der Waals surface area contributed by atoms with Gasteiger partial charge in [-0.25, -0.2) is 0 Å². The molecule has 4 heteroatoms. The van der Waals surface area contributed by atoms with Crippen molar-refractivity contribution in [3.63, 3.8) is 0 Å². The van der Waals surface area contributed by atoms with Crippen molar-refractivity contribution in [3.05, 3.63) is 119 Å². The molecule has 1 heterocycles. The van der Waals surface area contributed by atoms with Crippen LogP contribution in [0.15, 0.2) is 91.0 Å². The average molecular weight is 566 g/mol. The fraction of sp³-hybridized carbons (Fsp3) is 0.241. The standard InChI is InChI=1S/C29H27Si.2ClH.Zr/c1-2-8-21(9-3-1)20-30-28(19-17-24-15-14-22-10-4-6-12-25(22)24)29(30)27-18-16-23-11-5-7-13-26(23)27;;;/h1-16,18-19,24,27-30H,17,20H2;2*1H;/q;;;+2/p-2. The minimum absolute atomic E-state index is 0. The molecule has 1 aliphatic heterocycles. The molecule has 6 rings (SSSR count). The number of rotatable bonds is 6. The molecule has 1 fully saturated rings. The van der Waals surface area contributed by atoms with E-state index in [9.17, 15) is 0 Å². The molecule has 1 saturated heterocycles.